The first-order chi connectivity index (χ1) is 16.7. The van der Waals surface area contributed by atoms with Crippen LogP contribution in [0.2, 0.25) is 0 Å². The van der Waals surface area contributed by atoms with Gasteiger partial charge in [0, 0.05) is 65.3 Å². The molecule has 1 aliphatic rings. The lowest BCUT2D eigenvalue weighted by Gasteiger charge is -2.29. The van der Waals surface area contributed by atoms with Gasteiger partial charge in [-0.3, -0.25) is 10.4 Å². The van der Waals surface area contributed by atoms with Crippen LogP contribution in [0, 0.1) is 6.92 Å². The highest BCUT2D eigenvalue weighted by atomic mass is 16.5. The first-order valence-electron chi connectivity index (χ1n) is 11.3. The summed E-state index contributed by atoms with van der Waals surface area (Å²) in [5.74, 6) is 1.60. The summed E-state index contributed by atoms with van der Waals surface area (Å²) in [7, 11) is 0. The minimum atomic E-state index is 0.651. The molecule has 9 heteroatoms. The number of hydrogen-bond donors (Lipinski definition) is 2. The number of morpholine rings is 1. The van der Waals surface area contributed by atoms with Gasteiger partial charge in [-0.05, 0) is 25.1 Å². The zero-order chi connectivity index (χ0) is 22.9. The minimum Gasteiger partial charge on any atom is -0.378 e. The number of aromatic nitrogens is 5. The van der Waals surface area contributed by atoms with E-state index in [-0.39, 0.29) is 0 Å². The molecule has 0 bridgehead atoms. The van der Waals surface area contributed by atoms with E-state index in [4.69, 9.17) is 14.8 Å². The molecular weight excluding hydrogens is 428 g/mol. The molecule has 0 unspecified atom stereocenters. The molecule has 5 aromatic rings. The summed E-state index contributed by atoms with van der Waals surface area (Å²) in [6.07, 6.45) is 5.60. The molecule has 1 saturated heterocycles. The summed E-state index contributed by atoms with van der Waals surface area (Å²) in [6, 6.07) is 16.1. The average molecular weight is 453 g/mol. The number of hydrazone groups is 1. The van der Waals surface area contributed by atoms with E-state index in [1.54, 1.807) is 6.21 Å². The molecule has 9 nitrogen and oxygen atoms in total. The Morgan fingerprint density at radius 2 is 2.00 bits per heavy atom. The average Bonchev–Trinajstić information content (AvgIpc) is 3.49. The quantitative estimate of drug-likeness (QED) is 0.311. The highest BCUT2D eigenvalue weighted by Gasteiger charge is 2.18. The van der Waals surface area contributed by atoms with Gasteiger partial charge in [-0.1, -0.05) is 18.2 Å². The van der Waals surface area contributed by atoms with E-state index >= 15 is 0 Å². The summed E-state index contributed by atoms with van der Waals surface area (Å²) in [5, 5.41) is 10.4. The van der Waals surface area contributed by atoms with E-state index in [0.717, 1.165) is 58.0 Å². The van der Waals surface area contributed by atoms with Gasteiger partial charge in [0.2, 0.25) is 0 Å². The Morgan fingerprint density at radius 3 is 2.85 bits per heavy atom. The second-order valence-electron chi connectivity index (χ2n) is 8.25. The van der Waals surface area contributed by atoms with E-state index in [1.165, 1.54) is 0 Å². The van der Waals surface area contributed by atoms with Crippen molar-refractivity contribution in [2.75, 3.05) is 36.6 Å². The maximum absolute atomic E-state index is 5.55. The zero-order valence-electron chi connectivity index (χ0n) is 18.8. The number of nitrogens with one attached hydrogen (secondary N) is 2. The standard InChI is InChI=1S/C25H24N8O/c1-17-6-7-18(14-26-17)22-12-24-29-23(13-25(33(24)31-22)32-8-10-34-11-9-32)30-28-16-19-15-27-21-5-3-2-4-20(19)21/h2-7,12-16,27H,8-11H2,1H3,(H,29,30)/b28-16+. The molecule has 4 aromatic heterocycles. The lowest BCUT2D eigenvalue weighted by Crippen LogP contribution is -2.37. The van der Waals surface area contributed by atoms with Gasteiger partial charge in [0.05, 0.1) is 25.1 Å². The van der Waals surface area contributed by atoms with Crippen molar-refractivity contribution in [2.45, 2.75) is 6.92 Å². The largest absolute Gasteiger partial charge is 0.378 e. The number of benzene rings is 1. The summed E-state index contributed by atoms with van der Waals surface area (Å²) in [5.41, 5.74) is 8.69. The molecule has 0 saturated carbocycles. The maximum atomic E-state index is 5.55. The third kappa shape index (κ3) is 3.86. The lowest BCUT2D eigenvalue weighted by molar-refractivity contribution is 0.122. The Balaban J connectivity index is 1.36. The lowest BCUT2D eigenvalue weighted by atomic mass is 10.2. The molecule has 1 aliphatic heterocycles. The van der Waals surface area contributed by atoms with Crippen LogP contribution in [0.15, 0.2) is 66.0 Å². The summed E-state index contributed by atoms with van der Waals surface area (Å²) in [6.45, 7) is 4.92. The summed E-state index contributed by atoms with van der Waals surface area (Å²) >= 11 is 0. The second kappa shape index (κ2) is 8.60. The van der Waals surface area contributed by atoms with Crippen molar-refractivity contribution in [1.82, 2.24) is 24.6 Å². The maximum Gasteiger partial charge on any atom is 0.160 e. The van der Waals surface area contributed by atoms with Crippen LogP contribution in [-0.2, 0) is 4.74 Å². The molecule has 0 spiro atoms. The van der Waals surface area contributed by atoms with Crippen LogP contribution in [0.25, 0.3) is 27.8 Å². The van der Waals surface area contributed by atoms with Crippen LogP contribution >= 0.6 is 0 Å². The summed E-state index contributed by atoms with van der Waals surface area (Å²) in [4.78, 5) is 14.7. The van der Waals surface area contributed by atoms with Crippen LogP contribution in [0.3, 0.4) is 0 Å². The molecule has 5 heterocycles. The molecule has 2 N–H and O–H groups in total. The fraction of sp³-hybridized carbons (Fsp3) is 0.200. The first kappa shape index (κ1) is 20.4. The predicted molar refractivity (Wildman–Crippen MR) is 134 cm³/mol. The number of aryl methyl sites for hydroxylation is 1. The molecule has 34 heavy (non-hydrogen) atoms. The number of ether oxygens (including phenoxy) is 1. The highest BCUT2D eigenvalue weighted by Crippen LogP contribution is 2.26. The topological polar surface area (TPSA) is 95.7 Å². The highest BCUT2D eigenvalue weighted by molar-refractivity contribution is 5.99. The predicted octanol–water partition coefficient (Wildman–Crippen LogP) is 3.86. The number of nitrogens with zero attached hydrogens (tertiary/aromatic N) is 6. The van der Waals surface area contributed by atoms with Crippen molar-refractivity contribution in [2.24, 2.45) is 5.10 Å². The number of fused-ring (bicyclic) bond motifs is 2. The van der Waals surface area contributed by atoms with Crippen molar-refractivity contribution >= 4 is 34.4 Å². The number of hydrogen-bond acceptors (Lipinski definition) is 7. The van der Waals surface area contributed by atoms with Crippen LogP contribution in [0.4, 0.5) is 11.6 Å². The number of pyridine rings is 1. The van der Waals surface area contributed by atoms with Gasteiger partial charge >= 0.3 is 0 Å². The van der Waals surface area contributed by atoms with Gasteiger partial charge in [0.15, 0.2) is 11.5 Å². The molecule has 0 atom stereocenters. The minimum absolute atomic E-state index is 0.651. The fourth-order valence-corrected chi connectivity index (χ4v) is 4.16. The Kier molecular flexibility index (Phi) is 5.15. The van der Waals surface area contributed by atoms with Gasteiger partial charge in [-0.2, -0.15) is 14.7 Å². The van der Waals surface area contributed by atoms with Gasteiger partial charge in [-0.25, -0.2) is 4.98 Å². The zero-order valence-corrected chi connectivity index (χ0v) is 18.8. The second-order valence-corrected chi connectivity index (χ2v) is 8.25. The van der Waals surface area contributed by atoms with Gasteiger partial charge < -0.3 is 14.6 Å². The van der Waals surface area contributed by atoms with Crippen molar-refractivity contribution in [1.29, 1.82) is 0 Å². The molecule has 170 valence electrons. The number of aromatic amines is 1. The van der Waals surface area contributed by atoms with Gasteiger partial charge in [0.25, 0.3) is 0 Å². The molecule has 0 aliphatic carbocycles. The first-order valence-corrected chi connectivity index (χ1v) is 11.3. The van der Waals surface area contributed by atoms with E-state index in [0.29, 0.717) is 19.0 Å². The molecule has 0 radical (unpaired) electrons. The Bertz CT molecular complexity index is 1480. The van der Waals surface area contributed by atoms with E-state index < -0.39 is 0 Å². The number of H-pyrrole nitrogens is 1. The number of rotatable bonds is 5. The number of anilines is 2. The van der Waals surface area contributed by atoms with Gasteiger partial charge in [0.1, 0.15) is 5.82 Å². The smallest absolute Gasteiger partial charge is 0.160 e. The molecule has 1 fully saturated rings. The SMILES string of the molecule is Cc1ccc(-c2cc3nc(N/N=C/c4c[nH]c5ccccc45)cc(N4CCOCC4)n3n2)cn1. The van der Waals surface area contributed by atoms with Crippen LogP contribution in [0.1, 0.15) is 11.3 Å². The Morgan fingerprint density at radius 1 is 1.12 bits per heavy atom. The fourth-order valence-electron chi connectivity index (χ4n) is 4.16. The van der Waals surface area contributed by atoms with Crippen LogP contribution < -0.4 is 10.3 Å². The van der Waals surface area contributed by atoms with Gasteiger partial charge in [-0.15, -0.1) is 0 Å². The van der Waals surface area contributed by atoms with Crippen LogP contribution in [-0.4, -0.2) is 57.1 Å². The van der Waals surface area contributed by atoms with E-state index in [9.17, 15) is 0 Å². The summed E-state index contributed by atoms with van der Waals surface area (Å²) < 4.78 is 7.44. The monoisotopic (exact) mass is 452 g/mol. The van der Waals surface area contributed by atoms with E-state index in [1.807, 2.05) is 66.3 Å². The Labute approximate surface area is 196 Å². The third-order valence-corrected chi connectivity index (χ3v) is 5.95. The normalized spacial score (nSPS) is 14.4. The third-order valence-electron chi connectivity index (χ3n) is 5.95. The molecule has 0 amide bonds. The molecule has 1 aromatic carbocycles. The van der Waals surface area contributed by atoms with E-state index in [2.05, 4.69) is 31.5 Å². The van der Waals surface area contributed by atoms with Crippen molar-refractivity contribution in [3.8, 4) is 11.3 Å². The van der Waals surface area contributed by atoms with Crippen molar-refractivity contribution in [3.63, 3.8) is 0 Å². The molecule has 6 rings (SSSR count). The van der Waals surface area contributed by atoms with Crippen LogP contribution in [0.5, 0.6) is 0 Å². The Hall–Kier alpha value is -4.24. The number of para-hydroxylation sites is 1. The van der Waals surface area contributed by atoms with Crippen molar-refractivity contribution < 1.29 is 4.74 Å². The van der Waals surface area contributed by atoms with Crippen molar-refractivity contribution in [3.05, 3.63) is 72.2 Å². The molecular formula is C25H24N8O.